The van der Waals surface area contributed by atoms with E-state index in [2.05, 4.69) is 38.1 Å². The largest absolute Gasteiger partial charge is 0.396 e. The van der Waals surface area contributed by atoms with Crippen LogP contribution in [0.2, 0.25) is 0 Å². The van der Waals surface area contributed by atoms with Crippen LogP contribution in [0.25, 0.3) is 0 Å². The molecule has 3 N–H and O–H groups in total. The average molecular weight is 235 g/mol. The summed E-state index contributed by atoms with van der Waals surface area (Å²) < 4.78 is 0. The molecule has 0 saturated heterocycles. The first-order valence-corrected chi connectivity index (χ1v) is 6.52. The maximum Gasteiger partial charge on any atom is 0.0436 e. The lowest BCUT2D eigenvalue weighted by molar-refractivity contribution is 0.152. The van der Waals surface area contributed by atoms with E-state index >= 15 is 0 Å². The Kier molecular flexibility index (Phi) is 5.66. The van der Waals surface area contributed by atoms with E-state index in [0.29, 0.717) is 0 Å². The van der Waals surface area contributed by atoms with Crippen molar-refractivity contribution >= 4 is 0 Å². The molecule has 0 spiro atoms. The van der Waals surface area contributed by atoms with E-state index in [1.807, 2.05) is 6.07 Å². The van der Waals surface area contributed by atoms with Crippen molar-refractivity contribution in [3.8, 4) is 0 Å². The van der Waals surface area contributed by atoms with Crippen LogP contribution in [0.15, 0.2) is 30.3 Å². The molecule has 1 rings (SSSR count). The Morgan fingerprint density at radius 1 is 1.24 bits per heavy atom. The molecule has 17 heavy (non-hydrogen) atoms. The highest BCUT2D eigenvalue weighted by atomic mass is 16.3. The summed E-state index contributed by atoms with van der Waals surface area (Å²) in [6.45, 7) is 4.53. The lowest BCUT2D eigenvalue weighted by Crippen LogP contribution is -2.40. The quantitative estimate of drug-likeness (QED) is 0.763. The van der Waals surface area contributed by atoms with E-state index in [9.17, 15) is 5.11 Å². The number of benzene rings is 1. The fraction of sp³-hybridized carbons (Fsp3) is 0.600. The van der Waals surface area contributed by atoms with Gasteiger partial charge in [0.05, 0.1) is 0 Å². The molecule has 0 fully saturated rings. The number of nitrogens with two attached hydrogens (primary N) is 1. The van der Waals surface area contributed by atoms with E-state index in [1.165, 1.54) is 5.56 Å². The second kappa shape index (κ2) is 6.77. The maximum absolute atomic E-state index is 9.19. The van der Waals surface area contributed by atoms with Crippen LogP contribution < -0.4 is 5.73 Å². The first-order chi connectivity index (χ1) is 8.12. The van der Waals surface area contributed by atoms with Crippen molar-refractivity contribution < 1.29 is 5.11 Å². The zero-order valence-corrected chi connectivity index (χ0v) is 11.0. The molecule has 0 aliphatic heterocycles. The van der Waals surface area contributed by atoms with Gasteiger partial charge in [0, 0.05) is 12.6 Å². The Labute approximate surface area is 105 Å². The molecule has 2 nitrogen and oxygen atoms in total. The van der Waals surface area contributed by atoms with Crippen molar-refractivity contribution in [2.24, 2.45) is 11.1 Å². The van der Waals surface area contributed by atoms with Crippen LogP contribution in [-0.2, 0) is 6.42 Å². The van der Waals surface area contributed by atoms with Gasteiger partial charge in [-0.25, -0.2) is 0 Å². The van der Waals surface area contributed by atoms with Gasteiger partial charge < -0.3 is 10.8 Å². The maximum atomic E-state index is 9.19. The first kappa shape index (κ1) is 14.2. The minimum absolute atomic E-state index is 0.0410. The van der Waals surface area contributed by atoms with E-state index in [-0.39, 0.29) is 18.1 Å². The van der Waals surface area contributed by atoms with Gasteiger partial charge >= 0.3 is 0 Å². The molecule has 0 amide bonds. The lowest BCUT2D eigenvalue weighted by Gasteiger charge is -2.35. The van der Waals surface area contributed by atoms with Crippen molar-refractivity contribution in [1.29, 1.82) is 0 Å². The third-order valence-corrected chi connectivity index (χ3v) is 3.85. The summed E-state index contributed by atoms with van der Waals surface area (Å²) in [6.07, 6.45) is 3.82. The number of rotatable bonds is 7. The molecule has 0 aromatic heterocycles. The van der Waals surface area contributed by atoms with Crippen LogP contribution in [0.3, 0.4) is 0 Å². The van der Waals surface area contributed by atoms with E-state index in [0.717, 1.165) is 25.7 Å². The average Bonchev–Trinajstić information content (AvgIpc) is 2.37. The molecule has 0 saturated carbocycles. The van der Waals surface area contributed by atoms with Gasteiger partial charge in [-0.15, -0.1) is 0 Å². The topological polar surface area (TPSA) is 46.2 Å². The van der Waals surface area contributed by atoms with Gasteiger partial charge in [-0.05, 0) is 36.7 Å². The Balaban J connectivity index is 2.61. The summed E-state index contributed by atoms with van der Waals surface area (Å²) in [6, 6.07) is 10.6. The fourth-order valence-corrected chi connectivity index (χ4v) is 2.32. The highest BCUT2D eigenvalue weighted by Crippen LogP contribution is 2.32. The molecule has 2 atom stereocenters. The Morgan fingerprint density at radius 3 is 2.41 bits per heavy atom. The van der Waals surface area contributed by atoms with Crippen molar-refractivity contribution in [3.63, 3.8) is 0 Å². The van der Waals surface area contributed by atoms with Gasteiger partial charge in [0.1, 0.15) is 0 Å². The van der Waals surface area contributed by atoms with Crippen LogP contribution in [-0.4, -0.2) is 17.8 Å². The number of aliphatic hydroxyl groups excluding tert-OH is 1. The number of hydrogen-bond acceptors (Lipinski definition) is 2. The first-order valence-electron chi connectivity index (χ1n) is 6.52. The summed E-state index contributed by atoms with van der Waals surface area (Å²) in [5.41, 5.74) is 7.58. The van der Waals surface area contributed by atoms with Crippen LogP contribution in [0, 0.1) is 5.41 Å². The Hall–Kier alpha value is -0.860. The minimum Gasteiger partial charge on any atom is -0.396 e. The normalized spacial score (nSPS) is 16.5. The smallest absolute Gasteiger partial charge is 0.0436 e. The van der Waals surface area contributed by atoms with Gasteiger partial charge in [-0.2, -0.15) is 0 Å². The standard InChI is InChI=1S/C15H25NO/c1-3-14(16)15(2,11-12-17)10-9-13-7-5-4-6-8-13/h4-8,14,17H,3,9-12,16H2,1-2H3. The third-order valence-electron chi connectivity index (χ3n) is 3.85. The number of aryl methyl sites for hydroxylation is 1. The Morgan fingerprint density at radius 2 is 1.88 bits per heavy atom. The van der Waals surface area contributed by atoms with Crippen molar-refractivity contribution in [3.05, 3.63) is 35.9 Å². The predicted molar refractivity (Wildman–Crippen MR) is 72.8 cm³/mol. The van der Waals surface area contributed by atoms with Crippen LogP contribution >= 0.6 is 0 Å². The van der Waals surface area contributed by atoms with Gasteiger partial charge in [-0.1, -0.05) is 44.2 Å². The molecule has 96 valence electrons. The summed E-state index contributed by atoms with van der Waals surface area (Å²) in [5.74, 6) is 0. The predicted octanol–water partition coefficient (Wildman–Crippen LogP) is 2.75. The monoisotopic (exact) mass is 235 g/mol. The minimum atomic E-state index is 0.0410. The zero-order chi connectivity index (χ0) is 12.7. The molecule has 0 bridgehead atoms. The highest BCUT2D eigenvalue weighted by molar-refractivity contribution is 5.15. The highest BCUT2D eigenvalue weighted by Gasteiger charge is 2.29. The second-order valence-corrected chi connectivity index (χ2v) is 5.13. The molecular weight excluding hydrogens is 210 g/mol. The molecule has 1 aromatic carbocycles. The summed E-state index contributed by atoms with van der Waals surface area (Å²) in [7, 11) is 0. The van der Waals surface area contributed by atoms with Crippen molar-refractivity contribution in [2.45, 2.75) is 45.6 Å². The van der Waals surface area contributed by atoms with Crippen molar-refractivity contribution in [1.82, 2.24) is 0 Å². The third kappa shape index (κ3) is 4.14. The molecular formula is C15H25NO. The summed E-state index contributed by atoms with van der Waals surface area (Å²) in [5, 5.41) is 9.19. The van der Waals surface area contributed by atoms with Crippen LogP contribution in [0.1, 0.15) is 38.7 Å². The molecule has 1 aromatic rings. The Bertz CT molecular complexity index is 312. The summed E-state index contributed by atoms with van der Waals surface area (Å²) in [4.78, 5) is 0. The summed E-state index contributed by atoms with van der Waals surface area (Å²) >= 11 is 0. The van der Waals surface area contributed by atoms with Gasteiger partial charge in [-0.3, -0.25) is 0 Å². The van der Waals surface area contributed by atoms with Gasteiger partial charge in [0.15, 0.2) is 0 Å². The van der Waals surface area contributed by atoms with E-state index < -0.39 is 0 Å². The molecule has 0 heterocycles. The van der Waals surface area contributed by atoms with Crippen LogP contribution in [0.4, 0.5) is 0 Å². The molecule has 0 aliphatic rings. The van der Waals surface area contributed by atoms with Crippen molar-refractivity contribution in [2.75, 3.05) is 6.61 Å². The van der Waals surface area contributed by atoms with E-state index in [1.54, 1.807) is 0 Å². The zero-order valence-electron chi connectivity index (χ0n) is 11.0. The molecule has 0 aliphatic carbocycles. The lowest BCUT2D eigenvalue weighted by atomic mass is 9.74. The van der Waals surface area contributed by atoms with Gasteiger partial charge in [0.2, 0.25) is 0 Å². The molecule has 2 heteroatoms. The fourth-order valence-electron chi connectivity index (χ4n) is 2.32. The second-order valence-electron chi connectivity index (χ2n) is 5.13. The number of aliphatic hydroxyl groups is 1. The SMILES string of the molecule is CCC(N)C(C)(CCO)CCc1ccccc1. The molecule has 0 radical (unpaired) electrons. The van der Waals surface area contributed by atoms with E-state index in [4.69, 9.17) is 5.73 Å². The number of hydrogen-bond donors (Lipinski definition) is 2. The van der Waals surface area contributed by atoms with Gasteiger partial charge in [0.25, 0.3) is 0 Å². The molecule has 2 unspecified atom stereocenters. The van der Waals surface area contributed by atoms with Crippen LogP contribution in [0.5, 0.6) is 0 Å².